The van der Waals surface area contributed by atoms with Crippen molar-refractivity contribution >= 4 is 17.7 Å². The third-order valence-corrected chi connectivity index (χ3v) is 3.32. The van der Waals surface area contributed by atoms with Gasteiger partial charge in [0.05, 0.1) is 6.54 Å². The molecular weight excluding hydrogens is 320 g/mol. The maximum Gasteiger partial charge on any atom is 0.248 e. The van der Waals surface area contributed by atoms with Gasteiger partial charge in [-0.2, -0.15) is 5.10 Å². The number of anilines is 1. The van der Waals surface area contributed by atoms with E-state index in [0.29, 0.717) is 30.3 Å². The van der Waals surface area contributed by atoms with Crippen molar-refractivity contribution in [3.63, 3.8) is 0 Å². The van der Waals surface area contributed by atoms with E-state index in [1.54, 1.807) is 29.2 Å². The SMILES string of the molecule is Cc1ccc(C=CC(=O)Nc2cccc(OCCn3cncn3)c2)o1. The number of amides is 1. The molecule has 0 unspecified atom stereocenters. The summed E-state index contributed by atoms with van der Waals surface area (Å²) in [6, 6.07) is 10.9. The van der Waals surface area contributed by atoms with Crippen LogP contribution in [-0.4, -0.2) is 27.3 Å². The Kier molecular flexibility index (Phi) is 5.26. The Bertz CT molecular complexity index is 853. The molecule has 0 radical (unpaired) electrons. The fraction of sp³-hybridized carbons (Fsp3) is 0.167. The lowest BCUT2D eigenvalue weighted by Crippen LogP contribution is -2.10. The standard InChI is InChI=1S/C18H18N4O3/c1-14-5-6-16(25-14)7-8-18(23)21-15-3-2-4-17(11-15)24-10-9-22-13-19-12-20-22/h2-8,11-13H,9-10H2,1H3,(H,21,23). The molecule has 0 spiro atoms. The molecule has 1 amide bonds. The van der Waals surface area contributed by atoms with E-state index in [-0.39, 0.29) is 5.91 Å². The summed E-state index contributed by atoms with van der Waals surface area (Å²) in [4.78, 5) is 15.8. The highest BCUT2D eigenvalue weighted by Crippen LogP contribution is 2.17. The maximum absolute atomic E-state index is 12.0. The van der Waals surface area contributed by atoms with E-state index in [2.05, 4.69) is 15.4 Å². The lowest BCUT2D eigenvalue weighted by molar-refractivity contribution is -0.111. The second-order valence-electron chi connectivity index (χ2n) is 5.31. The van der Waals surface area contributed by atoms with Crippen LogP contribution >= 0.6 is 0 Å². The fourth-order valence-corrected chi connectivity index (χ4v) is 2.15. The van der Waals surface area contributed by atoms with Gasteiger partial charge in [0.25, 0.3) is 0 Å². The molecule has 3 rings (SSSR count). The number of benzene rings is 1. The maximum atomic E-state index is 12.0. The Morgan fingerprint density at radius 1 is 1.36 bits per heavy atom. The number of aryl methyl sites for hydroxylation is 1. The zero-order chi connectivity index (χ0) is 17.5. The molecule has 7 heteroatoms. The van der Waals surface area contributed by atoms with Crippen molar-refractivity contribution < 1.29 is 13.9 Å². The molecular formula is C18H18N4O3. The highest BCUT2D eigenvalue weighted by Gasteiger charge is 2.02. The molecule has 0 saturated heterocycles. The number of rotatable bonds is 7. The van der Waals surface area contributed by atoms with E-state index in [1.165, 1.54) is 12.4 Å². The van der Waals surface area contributed by atoms with Crippen LogP contribution in [0.3, 0.4) is 0 Å². The first kappa shape index (κ1) is 16.5. The molecule has 128 valence electrons. The summed E-state index contributed by atoms with van der Waals surface area (Å²) < 4.78 is 12.7. The van der Waals surface area contributed by atoms with Crippen LogP contribution < -0.4 is 10.1 Å². The Hall–Kier alpha value is -3.35. The molecule has 1 N–H and O–H groups in total. The van der Waals surface area contributed by atoms with Gasteiger partial charge >= 0.3 is 0 Å². The first-order valence-electron chi connectivity index (χ1n) is 7.80. The minimum absolute atomic E-state index is 0.242. The van der Waals surface area contributed by atoms with Gasteiger partial charge in [-0.05, 0) is 37.3 Å². The minimum Gasteiger partial charge on any atom is -0.492 e. The van der Waals surface area contributed by atoms with E-state index in [9.17, 15) is 4.79 Å². The normalized spacial score (nSPS) is 10.9. The number of ether oxygens (including phenoxy) is 1. The number of nitrogens with zero attached hydrogens (tertiary/aromatic N) is 3. The fourth-order valence-electron chi connectivity index (χ4n) is 2.15. The molecule has 0 aliphatic heterocycles. The van der Waals surface area contributed by atoms with Gasteiger partial charge in [-0.25, -0.2) is 9.67 Å². The minimum atomic E-state index is -0.242. The number of hydrogen-bond acceptors (Lipinski definition) is 5. The second-order valence-corrected chi connectivity index (χ2v) is 5.31. The van der Waals surface area contributed by atoms with Crippen LogP contribution in [-0.2, 0) is 11.3 Å². The van der Waals surface area contributed by atoms with E-state index >= 15 is 0 Å². The van der Waals surface area contributed by atoms with E-state index in [0.717, 1.165) is 5.76 Å². The topological polar surface area (TPSA) is 82.2 Å². The molecule has 2 aromatic heterocycles. The smallest absolute Gasteiger partial charge is 0.248 e. The van der Waals surface area contributed by atoms with Crippen molar-refractivity contribution in [2.75, 3.05) is 11.9 Å². The van der Waals surface area contributed by atoms with Gasteiger partial charge < -0.3 is 14.5 Å². The van der Waals surface area contributed by atoms with Crippen molar-refractivity contribution in [3.8, 4) is 5.75 Å². The molecule has 0 aliphatic carbocycles. The number of carbonyl (C=O) groups is 1. The summed E-state index contributed by atoms with van der Waals surface area (Å²) in [7, 11) is 0. The summed E-state index contributed by atoms with van der Waals surface area (Å²) in [6.45, 7) is 2.91. The average molecular weight is 338 g/mol. The molecule has 0 aliphatic rings. The Labute approximate surface area is 144 Å². The van der Waals surface area contributed by atoms with Gasteiger partial charge in [0.2, 0.25) is 5.91 Å². The number of nitrogens with one attached hydrogen (secondary N) is 1. The van der Waals surface area contributed by atoms with Crippen molar-refractivity contribution in [3.05, 3.63) is 66.6 Å². The predicted octanol–water partition coefficient (Wildman–Crippen LogP) is 2.91. The number of carbonyl (C=O) groups excluding carboxylic acids is 1. The van der Waals surface area contributed by atoms with Crippen LogP contribution in [0.25, 0.3) is 6.08 Å². The number of aromatic nitrogens is 3. The molecule has 7 nitrogen and oxygen atoms in total. The summed E-state index contributed by atoms with van der Waals surface area (Å²) in [5.74, 6) is 1.87. The van der Waals surface area contributed by atoms with Gasteiger partial charge in [-0.1, -0.05) is 6.07 Å². The monoisotopic (exact) mass is 338 g/mol. The molecule has 3 aromatic rings. The van der Waals surface area contributed by atoms with Crippen LogP contribution in [0, 0.1) is 6.92 Å². The largest absolute Gasteiger partial charge is 0.492 e. The zero-order valence-electron chi connectivity index (χ0n) is 13.8. The molecule has 2 heterocycles. The Morgan fingerprint density at radius 2 is 2.28 bits per heavy atom. The highest BCUT2D eigenvalue weighted by atomic mass is 16.5. The second kappa shape index (κ2) is 7.96. The average Bonchev–Trinajstić information content (AvgIpc) is 3.25. The van der Waals surface area contributed by atoms with Gasteiger partial charge in [0.1, 0.15) is 36.5 Å². The van der Waals surface area contributed by atoms with Crippen LogP contribution in [0.5, 0.6) is 5.75 Å². The summed E-state index contributed by atoms with van der Waals surface area (Å²) in [5, 5.41) is 6.79. The number of furan rings is 1. The third kappa shape index (κ3) is 5.07. The lowest BCUT2D eigenvalue weighted by atomic mass is 10.3. The van der Waals surface area contributed by atoms with Crippen molar-refractivity contribution in [1.82, 2.24) is 14.8 Å². The first-order valence-corrected chi connectivity index (χ1v) is 7.80. The van der Waals surface area contributed by atoms with Gasteiger partial charge in [-0.15, -0.1) is 0 Å². The molecule has 1 aromatic carbocycles. The summed E-state index contributed by atoms with van der Waals surface area (Å²) in [6.07, 6.45) is 6.16. The van der Waals surface area contributed by atoms with Gasteiger partial charge in [-0.3, -0.25) is 4.79 Å². The van der Waals surface area contributed by atoms with Crippen molar-refractivity contribution in [2.45, 2.75) is 13.5 Å². The van der Waals surface area contributed by atoms with Gasteiger partial charge in [0.15, 0.2) is 0 Å². The predicted molar refractivity (Wildman–Crippen MR) is 93.1 cm³/mol. The zero-order valence-corrected chi connectivity index (χ0v) is 13.8. The molecule has 0 saturated carbocycles. The third-order valence-electron chi connectivity index (χ3n) is 3.32. The summed E-state index contributed by atoms with van der Waals surface area (Å²) >= 11 is 0. The van der Waals surface area contributed by atoms with Gasteiger partial charge in [0, 0.05) is 17.8 Å². The van der Waals surface area contributed by atoms with Crippen molar-refractivity contribution in [1.29, 1.82) is 0 Å². The lowest BCUT2D eigenvalue weighted by Gasteiger charge is -2.08. The Balaban J connectivity index is 1.52. The molecule has 25 heavy (non-hydrogen) atoms. The molecule has 0 bridgehead atoms. The molecule has 0 atom stereocenters. The number of hydrogen-bond donors (Lipinski definition) is 1. The van der Waals surface area contributed by atoms with Crippen LogP contribution in [0.15, 0.2) is 59.5 Å². The van der Waals surface area contributed by atoms with Crippen LogP contribution in [0.4, 0.5) is 5.69 Å². The Morgan fingerprint density at radius 3 is 3.04 bits per heavy atom. The quantitative estimate of drug-likeness (QED) is 0.670. The van der Waals surface area contributed by atoms with E-state index in [1.807, 2.05) is 31.2 Å². The molecule has 0 fully saturated rings. The van der Waals surface area contributed by atoms with E-state index < -0.39 is 0 Å². The van der Waals surface area contributed by atoms with Crippen LogP contribution in [0.2, 0.25) is 0 Å². The van der Waals surface area contributed by atoms with Crippen LogP contribution in [0.1, 0.15) is 11.5 Å². The summed E-state index contributed by atoms with van der Waals surface area (Å²) in [5.41, 5.74) is 0.656. The van der Waals surface area contributed by atoms with Crippen molar-refractivity contribution in [2.24, 2.45) is 0 Å². The highest BCUT2D eigenvalue weighted by molar-refractivity contribution is 6.01. The first-order chi connectivity index (χ1) is 12.2. The van der Waals surface area contributed by atoms with E-state index in [4.69, 9.17) is 9.15 Å².